The van der Waals surface area contributed by atoms with Crippen LogP contribution in [0.5, 0.6) is 0 Å². The average Bonchev–Trinajstić information content (AvgIpc) is 2.54. The normalized spacial score (nSPS) is 12.5. The lowest BCUT2D eigenvalue weighted by atomic mass is 10.1. The lowest BCUT2D eigenvalue weighted by Crippen LogP contribution is -2.02. The SMILES string of the molecule is [O-][S+](c1ccccc1)c1cc(CBr)c2ccccc2c1. The van der Waals surface area contributed by atoms with E-state index >= 15 is 0 Å². The van der Waals surface area contributed by atoms with E-state index in [0.717, 1.165) is 20.5 Å². The fourth-order valence-electron chi connectivity index (χ4n) is 2.26. The zero-order valence-corrected chi connectivity index (χ0v) is 13.2. The Kier molecular flexibility index (Phi) is 4.10. The summed E-state index contributed by atoms with van der Waals surface area (Å²) in [5.41, 5.74) is 1.17. The molecule has 0 saturated carbocycles. The molecule has 1 atom stereocenters. The molecular weight excluding hydrogens is 332 g/mol. The maximum absolute atomic E-state index is 12.7. The van der Waals surface area contributed by atoms with E-state index in [9.17, 15) is 4.55 Å². The van der Waals surface area contributed by atoms with E-state index in [0.29, 0.717) is 0 Å². The summed E-state index contributed by atoms with van der Waals surface area (Å²) in [6.07, 6.45) is 0. The van der Waals surface area contributed by atoms with Crippen LogP contribution in [0.25, 0.3) is 10.8 Å². The summed E-state index contributed by atoms with van der Waals surface area (Å²) in [6, 6.07) is 21.8. The Labute approximate surface area is 129 Å². The van der Waals surface area contributed by atoms with E-state index in [4.69, 9.17) is 0 Å². The molecule has 0 amide bonds. The molecule has 3 aromatic rings. The minimum absolute atomic E-state index is 0.757. The monoisotopic (exact) mass is 344 g/mol. The van der Waals surface area contributed by atoms with Gasteiger partial charge in [-0.15, -0.1) is 0 Å². The molecule has 0 aliphatic carbocycles. The van der Waals surface area contributed by atoms with Gasteiger partial charge in [0.05, 0.1) is 0 Å². The van der Waals surface area contributed by atoms with Gasteiger partial charge < -0.3 is 4.55 Å². The van der Waals surface area contributed by atoms with Gasteiger partial charge in [-0.2, -0.15) is 0 Å². The molecule has 0 radical (unpaired) electrons. The van der Waals surface area contributed by atoms with E-state index in [-0.39, 0.29) is 0 Å². The summed E-state index contributed by atoms with van der Waals surface area (Å²) in [6.45, 7) is 0. The largest absolute Gasteiger partial charge is 0.606 e. The summed E-state index contributed by atoms with van der Waals surface area (Å²) in [7, 11) is 0. The zero-order chi connectivity index (χ0) is 13.9. The number of halogens is 1. The molecule has 0 heterocycles. The molecule has 20 heavy (non-hydrogen) atoms. The third-order valence-corrected chi connectivity index (χ3v) is 5.20. The van der Waals surface area contributed by atoms with Gasteiger partial charge in [-0.05, 0) is 34.5 Å². The second-order valence-corrected chi connectivity index (χ2v) is 6.56. The first-order chi connectivity index (χ1) is 9.79. The van der Waals surface area contributed by atoms with E-state index in [1.165, 1.54) is 10.9 Å². The first-order valence-corrected chi connectivity index (χ1v) is 8.61. The van der Waals surface area contributed by atoms with Crippen molar-refractivity contribution in [2.75, 3.05) is 0 Å². The van der Waals surface area contributed by atoms with Crippen LogP contribution < -0.4 is 0 Å². The van der Waals surface area contributed by atoms with Crippen molar-refractivity contribution in [2.45, 2.75) is 15.1 Å². The number of hydrogen-bond donors (Lipinski definition) is 0. The third-order valence-electron chi connectivity index (χ3n) is 3.24. The van der Waals surface area contributed by atoms with Crippen molar-refractivity contribution in [3.63, 3.8) is 0 Å². The van der Waals surface area contributed by atoms with Crippen LogP contribution in [0.4, 0.5) is 0 Å². The molecule has 0 aliphatic heterocycles. The third kappa shape index (κ3) is 2.62. The molecule has 0 aliphatic rings. The lowest BCUT2D eigenvalue weighted by Gasteiger charge is -2.12. The van der Waals surface area contributed by atoms with E-state index < -0.39 is 11.2 Å². The van der Waals surface area contributed by atoms with Gasteiger partial charge in [-0.3, -0.25) is 0 Å². The smallest absolute Gasteiger partial charge is 0.159 e. The highest BCUT2D eigenvalue weighted by Crippen LogP contribution is 2.28. The highest BCUT2D eigenvalue weighted by molar-refractivity contribution is 9.08. The number of benzene rings is 3. The van der Waals surface area contributed by atoms with Crippen molar-refractivity contribution in [3.8, 4) is 0 Å². The minimum atomic E-state index is -1.14. The van der Waals surface area contributed by atoms with Gasteiger partial charge in [0.1, 0.15) is 0 Å². The van der Waals surface area contributed by atoms with E-state index in [2.05, 4.69) is 28.1 Å². The van der Waals surface area contributed by atoms with Crippen molar-refractivity contribution >= 4 is 37.9 Å². The molecule has 0 saturated heterocycles. The van der Waals surface area contributed by atoms with Crippen molar-refractivity contribution in [1.29, 1.82) is 0 Å². The predicted octanol–water partition coefficient (Wildman–Crippen LogP) is 4.90. The zero-order valence-electron chi connectivity index (χ0n) is 10.8. The standard InChI is InChI=1S/C17H13BrOS/c18-12-14-11-16(10-13-6-4-5-9-17(13)14)20(19)15-7-2-1-3-8-15/h1-11H,12H2. The molecule has 0 spiro atoms. The van der Waals surface area contributed by atoms with Crippen LogP contribution in [0.3, 0.4) is 0 Å². The molecule has 0 aromatic heterocycles. The van der Waals surface area contributed by atoms with Gasteiger partial charge in [0, 0.05) is 22.6 Å². The molecule has 0 fully saturated rings. The first-order valence-electron chi connectivity index (χ1n) is 6.34. The Balaban J connectivity index is 2.12. The van der Waals surface area contributed by atoms with Gasteiger partial charge in [-0.1, -0.05) is 58.4 Å². The van der Waals surface area contributed by atoms with Gasteiger partial charge in [-0.25, -0.2) is 0 Å². The summed E-state index contributed by atoms with van der Waals surface area (Å²) >= 11 is 2.38. The van der Waals surface area contributed by atoms with E-state index in [1.54, 1.807) is 0 Å². The van der Waals surface area contributed by atoms with Gasteiger partial charge in [0.15, 0.2) is 9.79 Å². The maximum atomic E-state index is 12.7. The fourth-order valence-corrected chi connectivity index (χ4v) is 3.88. The number of hydrogen-bond acceptors (Lipinski definition) is 1. The highest BCUT2D eigenvalue weighted by atomic mass is 79.9. The van der Waals surface area contributed by atoms with Gasteiger partial charge in [0.2, 0.25) is 0 Å². The molecule has 3 aromatic carbocycles. The summed E-state index contributed by atoms with van der Waals surface area (Å²) < 4.78 is 12.7. The van der Waals surface area contributed by atoms with Crippen LogP contribution in [0.2, 0.25) is 0 Å². The first kappa shape index (κ1) is 13.7. The van der Waals surface area contributed by atoms with Gasteiger partial charge in [0.25, 0.3) is 0 Å². The Bertz CT molecular complexity index is 727. The molecule has 3 rings (SSSR count). The molecule has 1 unspecified atom stereocenters. The lowest BCUT2D eigenvalue weighted by molar-refractivity contribution is 0.595. The topological polar surface area (TPSA) is 23.1 Å². The maximum Gasteiger partial charge on any atom is 0.159 e. The van der Waals surface area contributed by atoms with Crippen LogP contribution in [0.1, 0.15) is 5.56 Å². The Morgan fingerprint density at radius 2 is 1.55 bits per heavy atom. The molecule has 3 heteroatoms. The van der Waals surface area contributed by atoms with Crippen LogP contribution in [0.15, 0.2) is 76.5 Å². The van der Waals surface area contributed by atoms with Crippen molar-refractivity contribution in [3.05, 3.63) is 72.3 Å². The van der Waals surface area contributed by atoms with Crippen molar-refractivity contribution in [1.82, 2.24) is 0 Å². The van der Waals surface area contributed by atoms with Crippen molar-refractivity contribution < 1.29 is 4.55 Å². The fraction of sp³-hybridized carbons (Fsp3) is 0.0588. The van der Waals surface area contributed by atoms with Crippen molar-refractivity contribution in [2.24, 2.45) is 0 Å². The van der Waals surface area contributed by atoms with Crippen LogP contribution in [-0.2, 0) is 16.5 Å². The quantitative estimate of drug-likeness (QED) is 0.489. The van der Waals surface area contributed by atoms with E-state index in [1.807, 2.05) is 54.6 Å². The Morgan fingerprint density at radius 3 is 2.30 bits per heavy atom. The summed E-state index contributed by atoms with van der Waals surface area (Å²) in [5.74, 6) is 0. The minimum Gasteiger partial charge on any atom is -0.606 e. The summed E-state index contributed by atoms with van der Waals surface area (Å²) in [5, 5.41) is 3.09. The molecule has 0 bridgehead atoms. The second-order valence-electron chi connectivity index (χ2n) is 4.52. The number of rotatable bonds is 3. The highest BCUT2D eigenvalue weighted by Gasteiger charge is 2.16. The Hall–Kier alpha value is -1.29. The second kappa shape index (κ2) is 6.00. The summed E-state index contributed by atoms with van der Waals surface area (Å²) in [4.78, 5) is 1.69. The molecular formula is C17H13BrOS. The predicted molar refractivity (Wildman–Crippen MR) is 87.7 cm³/mol. The van der Waals surface area contributed by atoms with Gasteiger partial charge >= 0.3 is 0 Å². The molecule has 1 nitrogen and oxygen atoms in total. The molecule has 0 N–H and O–H groups in total. The van der Waals surface area contributed by atoms with Crippen LogP contribution in [-0.4, -0.2) is 4.55 Å². The molecule has 100 valence electrons. The average molecular weight is 345 g/mol. The number of fused-ring (bicyclic) bond motifs is 1. The van der Waals surface area contributed by atoms with Crippen LogP contribution in [0, 0.1) is 0 Å². The Morgan fingerprint density at radius 1 is 0.850 bits per heavy atom. The number of alkyl halides is 1. The van der Waals surface area contributed by atoms with Crippen LogP contribution >= 0.6 is 15.9 Å².